The molecule has 0 spiro atoms. The largest absolute Gasteiger partial charge is 0.493 e. The van der Waals surface area contributed by atoms with Gasteiger partial charge in [0.2, 0.25) is 0 Å². The van der Waals surface area contributed by atoms with Gasteiger partial charge in [-0.05, 0) is 38.1 Å². The zero-order chi connectivity index (χ0) is 13.1. The molecule has 0 unspecified atom stereocenters. The van der Waals surface area contributed by atoms with E-state index >= 15 is 0 Å². The zero-order valence-electron chi connectivity index (χ0n) is 10.9. The summed E-state index contributed by atoms with van der Waals surface area (Å²) in [5, 5.41) is 10.1. The molecule has 1 atom stereocenters. The number of halogens is 1. The molecule has 2 rings (SSSR count). The molecule has 0 bridgehead atoms. The molecule has 0 saturated heterocycles. The number of aliphatic hydroxyl groups excluding tert-OH is 1. The van der Waals surface area contributed by atoms with Crippen LogP contribution >= 0.6 is 11.6 Å². The fraction of sp³-hybridized carbons (Fsp3) is 0.571. The van der Waals surface area contributed by atoms with Crippen LogP contribution in [0.1, 0.15) is 24.5 Å². The minimum atomic E-state index is -0.256. The van der Waals surface area contributed by atoms with E-state index in [1.165, 1.54) is 5.56 Å². The van der Waals surface area contributed by atoms with Gasteiger partial charge in [0, 0.05) is 30.1 Å². The van der Waals surface area contributed by atoms with Crippen LogP contribution in [-0.2, 0) is 13.0 Å². The van der Waals surface area contributed by atoms with Gasteiger partial charge in [0.05, 0.1) is 12.7 Å². The van der Waals surface area contributed by atoms with Crippen LogP contribution in [0.2, 0.25) is 5.02 Å². The number of ether oxygens (including phenoxy) is 1. The molecule has 0 aliphatic carbocycles. The standard InChI is InChI=1S/C14H20ClNO2/c1-10(17)3-5-16(2)9-12-8-13(15)7-11-4-6-18-14(11)12/h7-8,10,17H,3-6,9H2,1-2H3/t10-/m0/s1. The van der Waals surface area contributed by atoms with Crippen molar-refractivity contribution in [3.63, 3.8) is 0 Å². The molecule has 1 aromatic carbocycles. The van der Waals surface area contributed by atoms with Crippen molar-refractivity contribution >= 4 is 11.6 Å². The second kappa shape index (κ2) is 5.91. The molecular formula is C14H20ClNO2. The number of nitrogens with zero attached hydrogens (tertiary/aromatic N) is 1. The van der Waals surface area contributed by atoms with E-state index in [0.29, 0.717) is 0 Å². The number of aliphatic hydroxyl groups is 1. The molecule has 1 N–H and O–H groups in total. The Bertz CT molecular complexity index is 421. The van der Waals surface area contributed by atoms with E-state index in [1.807, 2.05) is 26.1 Å². The second-order valence-corrected chi connectivity index (χ2v) is 5.46. The minimum Gasteiger partial charge on any atom is -0.493 e. The van der Waals surface area contributed by atoms with Crippen molar-refractivity contribution in [1.29, 1.82) is 0 Å². The smallest absolute Gasteiger partial charge is 0.127 e. The first-order chi connectivity index (χ1) is 8.56. The van der Waals surface area contributed by atoms with Crippen molar-refractivity contribution in [2.75, 3.05) is 20.2 Å². The van der Waals surface area contributed by atoms with Crippen molar-refractivity contribution in [2.45, 2.75) is 32.4 Å². The lowest BCUT2D eigenvalue weighted by molar-refractivity contribution is 0.162. The molecule has 0 fully saturated rings. The Hall–Kier alpha value is -0.770. The molecule has 0 amide bonds. The highest BCUT2D eigenvalue weighted by Crippen LogP contribution is 2.33. The number of hydrogen-bond acceptors (Lipinski definition) is 3. The number of rotatable bonds is 5. The summed E-state index contributed by atoms with van der Waals surface area (Å²) in [5.74, 6) is 1.00. The van der Waals surface area contributed by atoms with Crippen molar-refractivity contribution in [2.24, 2.45) is 0 Å². The molecule has 100 valence electrons. The third-order valence-electron chi connectivity index (χ3n) is 3.19. The summed E-state index contributed by atoms with van der Waals surface area (Å²) in [6.45, 7) is 4.22. The Morgan fingerprint density at radius 1 is 1.50 bits per heavy atom. The molecular weight excluding hydrogens is 250 g/mol. The quantitative estimate of drug-likeness (QED) is 0.891. The number of fused-ring (bicyclic) bond motifs is 1. The van der Waals surface area contributed by atoms with E-state index in [-0.39, 0.29) is 6.10 Å². The molecule has 0 radical (unpaired) electrons. The highest BCUT2D eigenvalue weighted by atomic mass is 35.5. The van der Waals surface area contributed by atoms with Crippen LogP contribution in [-0.4, -0.2) is 36.3 Å². The van der Waals surface area contributed by atoms with Gasteiger partial charge in [-0.15, -0.1) is 0 Å². The first-order valence-corrected chi connectivity index (χ1v) is 6.75. The van der Waals surface area contributed by atoms with Gasteiger partial charge in [-0.25, -0.2) is 0 Å². The Morgan fingerprint density at radius 3 is 3.00 bits per heavy atom. The summed E-state index contributed by atoms with van der Waals surface area (Å²) in [6, 6.07) is 3.97. The van der Waals surface area contributed by atoms with Crippen LogP contribution in [0.4, 0.5) is 0 Å². The molecule has 1 aromatic rings. The predicted octanol–water partition coefficient (Wildman–Crippen LogP) is 2.48. The first kappa shape index (κ1) is 13.7. The van der Waals surface area contributed by atoms with E-state index in [0.717, 1.165) is 48.9 Å². The Balaban J connectivity index is 2.05. The maximum Gasteiger partial charge on any atom is 0.127 e. The maximum absolute atomic E-state index is 9.29. The Morgan fingerprint density at radius 2 is 2.28 bits per heavy atom. The van der Waals surface area contributed by atoms with E-state index in [9.17, 15) is 5.11 Å². The molecule has 18 heavy (non-hydrogen) atoms. The molecule has 4 heteroatoms. The molecule has 1 aliphatic heterocycles. The zero-order valence-corrected chi connectivity index (χ0v) is 11.7. The van der Waals surface area contributed by atoms with Gasteiger partial charge in [-0.1, -0.05) is 11.6 Å². The van der Waals surface area contributed by atoms with Gasteiger partial charge in [0.15, 0.2) is 0 Å². The average molecular weight is 270 g/mol. The topological polar surface area (TPSA) is 32.7 Å². The number of hydrogen-bond donors (Lipinski definition) is 1. The fourth-order valence-corrected chi connectivity index (χ4v) is 2.50. The highest BCUT2D eigenvalue weighted by molar-refractivity contribution is 6.30. The highest BCUT2D eigenvalue weighted by Gasteiger charge is 2.18. The van der Waals surface area contributed by atoms with Crippen molar-refractivity contribution in [3.8, 4) is 5.75 Å². The lowest BCUT2D eigenvalue weighted by Gasteiger charge is -2.19. The van der Waals surface area contributed by atoms with Gasteiger partial charge in [0.25, 0.3) is 0 Å². The lowest BCUT2D eigenvalue weighted by Crippen LogP contribution is -2.22. The number of benzene rings is 1. The van der Waals surface area contributed by atoms with Crippen molar-refractivity contribution in [1.82, 2.24) is 4.90 Å². The minimum absolute atomic E-state index is 0.256. The van der Waals surface area contributed by atoms with Gasteiger partial charge >= 0.3 is 0 Å². The van der Waals surface area contributed by atoms with Gasteiger partial charge in [-0.3, -0.25) is 0 Å². The maximum atomic E-state index is 9.29. The summed E-state index contributed by atoms with van der Waals surface area (Å²) in [7, 11) is 2.05. The van der Waals surface area contributed by atoms with Crippen LogP contribution in [0.25, 0.3) is 0 Å². The third-order valence-corrected chi connectivity index (χ3v) is 3.41. The molecule has 0 aromatic heterocycles. The van der Waals surface area contributed by atoms with E-state index in [4.69, 9.17) is 16.3 Å². The fourth-order valence-electron chi connectivity index (χ4n) is 2.24. The summed E-state index contributed by atoms with van der Waals surface area (Å²) in [5.41, 5.74) is 2.35. The van der Waals surface area contributed by atoms with Crippen LogP contribution < -0.4 is 4.74 Å². The molecule has 3 nitrogen and oxygen atoms in total. The first-order valence-electron chi connectivity index (χ1n) is 6.37. The summed E-state index contributed by atoms with van der Waals surface area (Å²) >= 11 is 6.13. The monoisotopic (exact) mass is 269 g/mol. The molecule has 1 aliphatic rings. The van der Waals surface area contributed by atoms with E-state index in [2.05, 4.69) is 4.90 Å². The van der Waals surface area contributed by atoms with E-state index < -0.39 is 0 Å². The van der Waals surface area contributed by atoms with Gasteiger partial charge in [0.1, 0.15) is 5.75 Å². The molecule has 1 heterocycles. The SMILES string of the molecule is C[C@H](O)CCN(C)Cc1cc(Cl)cc2c1OCC2. The lowest BCUT2D eigenvalue weighted by atomic mass is 10.1. The van der Waals surface area contributed by atoms with Gasteiger partial charge in [-0.2, -0.15) is 0 Å². The summed E-state index contributed by atoms with van der Waals surface area (Å²) < 4.78 is 5.68. The molecule has 0 saturated carbocycles. The van der Waals surface area contributed by atoms with Crippen LogP contribution in [0.15, 0.2) is 12.1 Å². The normalized spacial score (nSPS) is 15.6. The van der Waals surface area contributed by atoms with Crippen molar-refractivity contribution in [3.05, 3.63) is 28.3 Å². The third kappa shape index (κ3) is 3.37. The average Bonchev–Trinajstić information content (AvgIpc) is 2.74. The van der Waals surface area contributed by atoms with E-state index in [1.54, 1.807) is 0 Å². The van der Waals surface area contributed by atoms with Gasteiger partial charge < -0.3 is 14.7 Å². The summed E-state index contributed by atoms with van der Waals surface area (Å²) in [4.78, 5) is 2.18. The van der Waals surface area contributed by atoms with Crippen LogP contribution in [0.5, 0.6) is 5.75 Å². The van der Waals surface area contributed by atoms with Crippen LogP contribution in [0.3, 0.4) is 0 Å². The van der Waals surface area contributed by atoms with Crippen LogP contribution in [0, 0.1) is 0 Å². The Kier molecular flexibility index (Phi) is 4.49. The summed E-state index contributed by atoms with van der Waals surface area (Å²) in [6.07, 6.45) is 1.47. The second-order valence-electron chi connectivity index (χ2n) is 5.03. The Labute approximate surface area is 113 Å². The van der Waals surface area contributed by atoms with Crippen molar-refractivity contribution < 1.29 is 9.84 Å². The predicted molar refractivity (Wildman–Crippen MR) is 73.3 cm³/mol.